The molecule has 0 unspecified atom stereocenters. The lowest BCUT2D eigenvalue weighted by atomic mass is 10.0. The van der Waals surface area contributed by atoms with E-state index in [1.165, 1.54) is 11.1 Å². The van der Waals surface area contributed by atoms with Crippen LogP contribution in [0.1, 0.15) is 0 Å². The molecule has 274 valence electrons. The summed E-state index contributed by atoms with van der Waals surface area (Å²) in [5.74, 6) is 1.66. The molecule has 0 N–H and O–H groups in total. The lowest BCUT2D eigenvalue weighted by Gasteiger charge is -2.33. The van der Waals surface area contributed by atoms with Crippen molar-refractivity contribution in [1.82, 2.24) is 0 Å². The van der Waals surface area contributed by atoms with Gasteiger partial charge in [-0.05, 0) is 124 Å². The van der Waals surface area contributed by atoms with Gasteiger partial charge in [-0.3, -0.25) is 0 Å². The van der Waals surface area contributed by atoms with Gasteiger partial charge in [-0.1, -0.05) is 127 Å². The Morgan fingerprint density at radius 1 is 0.328 bits per heavy atom. The normalized spacial score (nSPS) is 11.9. The highest BCUT2D eigenvalue weighted by atomic mass is 16.5. The second-order valence-electron chi connectivity index (χ2n) is 14.6. The first-order valence-electron chi connectivity index (χ1n) is 19.6. The molecule has 0 amide bonds. The maximum Gasteiger partial charge on any atom is 0.152 e. The van der Waals surface area contributed by atoms with E-state index in [2.05, 4.69) is 198 Å². The Morgan fingerprint density at radius 3 is 1.50 bits per heavy atom. The molecule has 2 heterocycles. The van der Waals surface area contributed by atoms with Crippen LogP contribution in [0.5, 0.6) is 11.5 Å². The van der Waals surface area contributed by atoms with Crippen molar-refractivity contribution in [3.05, 3.63) is 218 Å². The van der Waals surface area contributed by atoms with Crippen LogP contribution in [-0.2, 0) is 0 Å². The van der Waals surface area contributed by atoms with Gasteiger partial charge < -0.3 is 19.0 Å². The topological polar surface area (TPSA) is 28.9 Å². The van der Waals surface area contributed by atoms with Crippen LogP contribution in [0.2, 0.25) is 0 Å². The van der Waals surface area contributed by atoms with Gasteiger partial charge in [0, 0.05) is 33.5 Å². The molecule has 0 aliphatic carbocycles. The summed E-state index contributed by atoms with van der Waals surface area (Å²) in [5.41, 5.74) is 15.0. The molecule has 0 spiro atoms. The Bertz CT molecular complexity index is 3060. The predicted octanol–water partition coefficient (Wildman–Crippen LogP) is 15.6. The maximum absolute atomic E-state index is 6.53. The van der Waals surface area contributed by atoms with Gasteiger partial charge in [0.25, 0.3) is 0 Å². The summed E-state index contributed by atoms with van der Waals surface area (Å²) in [4.78, 5) is 4.59. The van der Waals surface area contributed by atoms with Crippen molar-refractivity contribution in [3.8, 4) is 44.9 Å². The number of anilines is 6. The smallest absolute Gasteiger partial charge is 0.152 e. The lowest BCUT2D eigenvalue weighted by molar-refractivity contribution is 0.477. The van der Waals surface area contributed by atoms with E-state index in [-0.39, 0.29) is 0 Å². The van der Waals surface area contributed by atoms with E-state index in [1.807, 2.05) is 30.3 Å². The third kappa shape index (κ3) is 5.96. The van der Waals surface area contributed by atoms with Crippen LogP contribution in [0.4, 0.5) is 34.1 Å². The van der Waals surface area contributed by atoms with Crippen LogP contribution in [-0.4, -0.2) is 0 Å². The largest absolute Gasteiger partial charge is 0.456 e. The molecule has 0 saturated carbocycles. The molecule has 1 aromatic heterocycles. The van der Waals surface area contributed by atoms with E-state index in [0.717, 1.165) is 89.8 Å². The summed E-state index contributed by atoms with van der Waals surface area (Å²) in [6.07, 6.45) is 0. The zero-order valence-corrected chi connectivity index (χ0v) is 31.5. The molecule has 4 heteroatoms. The van der Waals surface area contributed by atoms with Crippen molar-refractivity contribution < 1.29 is 9.15 Å². The summed E-state index contributed by atoms with van der Waals surface area (Å²) in [7, 11) is 0. The third-order valence-corrected chi connectivity index (χ3v) is 11.1. The minimum atomic E-state index is 0.824. The number of furan rings is 1. The van der Waals surface area contributed by atoms with E-state index in [4.69, 9.17) is 9.15 Å². The molecule has 0 atom stereocenters. The maximum atomic E-state index is 6.53. The fourth-order valence-corrected chi connectivity index (χ4v) is 8.18. The SMILES string of the molecule is c1ccc(-c2ccc(N(c3ccc(-c4ccc5c(c4)Oc4ccccc4N5c4ccccc4)cc3)c3ccc(-c4ccc5oc6ccccc6c5c4)cc3)cc2)cc1. The van der Waals surface area contributed by atoms with Gasteiger partial charge in [-0.25, -0.2) is 0 Å². The van der Waals surface area contributed by atoms with Crippen molar-refractivity contribution in [2.45, 2.75) is 0 Å². The Kier molecular flexibility index (Phi) is 8.11. The molecule has 0 bridgehead atoms. The quantitative estimate of drug-likeness (QED) is 0.162. The van der Waals surface area contributed by atoms with Crippen molar-refractivity contribution in [3.63, 3.8) is 0 Å². The molecule has 10 aromatic rings. The number of benzene rings is 9. The van der Waals surface area contributed by atoms with Gasteiger partial charge in [-0.15, -0.1) is 0 Å². The minimum Gasteiger partial charge on any atom is -0.456 e. The minimum absolute atomic E-state index is 0.824. The zero-order valence-electron chi connectivity index (χ0n) is 31.5. The Balaban J connectivity index is 0.945. The highest BCUT2D eigenvalue weighted by molar-refractivity contribution is 6.06. The molecule has 4 nitrogen and oxygen atoms in total. The molecule has 1 aliphatic heterocycles. The first-order chi connectivity index (χ1) is 28.7. The fourth-order valence-electron chi connectivity index (χ4n) is 8.18. The van der Waals surface area contributed by atoms with Crippen LogP contribution in [0.3, 0.4) is 0 Å². The summed E-state index contributed by atoms with van der Waals surface area (Å²) in [6.45, 7) is 0. The molecular weight excluding hydrogens is 709 g/mol. The van der Waals surface area contributed by atoms with Gasteiger partial charge in [0.2, 0.25) is 0 Å². The number of nitrogens with zero attached hydrogens (tertiary/aromatic N) is 2. The second-order valence-corrected chi connectivity index (χ2v) is 14.6. The monoisotopic (exact) mass is 744 g/mol. The number of hydrogen-bond acceptors (Lipinski definition) is 4. The van der Waals surface area contributed by atoms with Gasteiger partial charge in [0.1, 0.15) is 11.2 Å². The molecular formula is C54H36N2O2. The predicted molar refractivity (Wildman–Crippen MR) is 239 cm³/mol. The molecule has 11 rings (SSSR count). The van der Waals surface area contributed by atoms with Crippen LogP contribution < -0.4 is 14.5 Å². The van der Waals surface area contributed by atoms with Crippen molar-refractivity contribution in [2.24, 2.45) is 0 Å². The number of para-hydroxylation sites is 4. The van der Waals surface area contributed by atoms with Gasteiger partial charge >= 0.3 is 0 Å². The Labute approximate surface area is 337 Å². The molecule has 1 aliphatic rings. The van der Waals surface area contributed by atoms with E-state index in [9.17, 15) is 0 Å². The fraction of sp³-hybridized carbons (Fsp3) is 0. The number of rotatable bonds is 7. The van der Waals surface area contributed by atoms with Crippen LogP contribution in [0, 0.1) is 0 Å². The first-order valence-corrected chi connectivity index (χ1v) is 19.6. The van der Waals surface area contributed by atoms with Crippen LogP contribution >= 0.6 is 0 Å². The van der Waals surface area contributed by atoms with Crippen LogP contribution in [0.15, 0.2) is 223 Å². The first kappa shape index (κ1) is 33.5. The molecule has 0 fully saturated rings. The molecule has 0 saturated heterocycles. The molecule has 58 heavy (non-hydrogen) atoms. The highest BCUT2D eigenvalue weighted by Gasteiger charge is 2.26. The number of fused-ring (bicyclic) bond motifs is 5. The number of ether oxygens (including phenoxy) is 1. The van der Waals surface area contributed by atoms with Crippen LogP contribution in [0.25, 0.3) is 55.3 Å². The highest BCUT2D eigenvalue weighted by Crippen LogP contribution is 2.51. The summed E-state index contributed by atoms with van der Waals surface area (Å²) < 4.78 is 12.6. The summed E-state index contributed by atoms with van der Waals surface area (Å²) in [6, 6.07) is 76.8. The van der Waals surface area contributed by atoms with E-state index >= 15 is 0 Å². The van der Waals surface area contributed by atoms with Crippen molar-refractivity contribution >= 4 is 56.1 Å². The Hall–Kier alpha value is -7.82. The average molecular weight is 745 g/mol. The van der Waals surface area contributed by atoms with Gasteiger partial charge in [0.05, 0.1) is 11.4 Å². The summed E-state index contributed by atoms with van der Waals surface area (Å²) >= 11 is 0. The van der Waals surface area contributed by atoms with E-state index in [1.54, 1.807) is 0 Å². The Morgan fingerprint density at radius 2 is 0.810 bits per heavy atom. The number of hydrogen-bond donors (Lipinski definition) is 0. The summed E-state index contributed by atoms with van der Waals surface area (Å²) in [5, 5.41) is 2.26. The van der Waals surface area contributed by atoms with Crippen molar-refractivity contribution in [2.75, 3.05) is 9.80 Å². The third-order valence-electron chi connectivity index (χ3n) is 11.1. The zero-order chi connectivity index (χ0) is 38.4. The van der Waals surface area contributed by atoms with Gasteiger partial charge in [-0.2, -0.15) is 0 Å². The molecule has 9 aromatic carbocycles. The van der Waals surface area contributed by atoms with Gasteiger partial charge in [0.15, 0.2) is 11.5 Å². The van der Waals surface area contributed by atoms with E-state index < -0.39 is 0 Å². The average Bonchev–Trinajstić information content (AvgIpc) is 3.67. The van der Waals surface area contributed by atoms with Crippen molar-refractivity contribution in [1.29, 1.82) is 0 Å². The molecule has 0 radical (unpaired) electrons. The lowest BCUT2D eigenvalue weighted by Crippen LogP contribution is -2.15. The standard InChI is InChI=1S/C54H36N2O2/c1-3-11-37(12-4-1)38-19-27-44(28-20-38)55(45-29-21-39(22-30-45)41-26-34-52-48(35-41)47-15-7-9-17-51(47)57-52)46-31-23-40(24-32-46)42-25-33-50-54(36-42)58-53-18-10-8-16-49(53)56(50)43-13-5-2-6-14-43/h1-36H. The van der Waals surface area contributed by atoms with E-state index in [0.29, 0.717) is 0 Å². The second kappa shape index (κ2) is 14.0.